The molecule has 1 atom stereocenters. The summed E-state index contributed by atoms with van der Waals surface area (Å²) < 4.78 is 25.1. The van der Waals surface area contributed by atoms with E-state index >= 15 is 0 Å². The molecule has 7 heteroatoms. The Kier molecular flexibility index (Phi) is 6.04. The number of sulfonamides is 1. The van der Waals surface area contributed by atoms with Gasteiger partial charge in [-0.3, -0.25) is 9.10 Å². The third kappa shape index (κ3) is 5.21. The predicted molar refractivity (Wildman–Crippen MR) is 86.1 cm³/mol. The first-order chi connectivity index (χ1) is 9.62. The summed E-state index contributed by atoms with van der Waals surface area (Å²) in [5.41, 5.74) is 0.411. The standard InChI is InChI=1S/C14H21ClN2O3S/c1-10(2)9-16-14(18)11(3)17(21(4,19)20)13-7-5-12(15)6-8-13/h5-8,10-11H,9H2,1-4H3,(H,16,18). The van der Waals surface area contributed by atoms with Crippen molar-refractivity contribution in [2.45, 2.75) is 26.8 Å². The maximum absolute atomic E-state index is 12.1. The maximum Gasteiger partial charge on any atom is 0.243 e. The Morgan fingerprint density at radius 2 is 1.76 bits per heavy atom. The molecule has 1 N–H and O–H groups in total. The van der Waals surface area contributed by atoms with Gasteiger partial charge < -0.3 is 5.32 Å². The Labute approximate surface area is 131 Å². The molecule has 0 aliphatic heterocycles. The monoisotopic (exact) mass is 332 g/mol. The molecule has 0 aliphatic rings. The number of hydrogen-bond acceptors (Lipinski definition) is 3. The van der Waals surface area contributed by atoms with E-state index in [1.54, 1.807) is 31.2 Å². The zero-order valence-corrected chi connectivity index (χ0v) is 14.2. The number of hydrogen-bond donors (Lipinski definition) is 1. The van der Waals surface area contributed by atoms with Gasteiger partial charge in [0.25, 0.3) is 0 Å². The van der Waals surface area contributed by atoms with E-state index in [2.05, 4.69) is 5.32 Å². The van der Waals surface area contributed by atoms with Crippen LogP contribution in [0.4, 0.5) is 5.69 Å². The molecule has 1 amide bonds. The van der Waals surface area contributed by atoms with Gasteiger partial charge in [-0.25, -0.2) is 8.42 Å². The lowest BCUT2D eigenvalue weighted by atomic mass is 10.2. The lowest BCUT2D eigenvalue weighted by Crippen LogP contribution is -2.48. The first-order valence-corrected chi connectivity index (χ1v) is 8.88. The van der Waals surface area contributed by atoms with E-state index < -0.39 is 16.1 Å². The molecule has 118 valence electrons. The average molecular weight is 333 g/mol. The molecular formula is C14H21ClN2O3S. The lowest BCUT2D eigenvalue weighted by molar-refractivity contribution is -0.121. The largest absolute Gasteiger partial charge is 0.354 e. The molecule has 1 aromatic carbocycles. The molecule has 0 heterocycles. The van der Waals surface area contributed by atoms with Gasteiger partial charge in [0.15, 0.2) is 0 Å². The van der Waals surface area contributed by atoms with Crippen LogP contribution in [0.25, 0.3) is 0 Å². The van der Waals surface area contributed by atoms with E-state index in [0.29, 0.717) is 23.2 Å². The molecule has 0 saturated heterocycles. The summed E-state index contributed by atoms with van der Waals surface area (Å²) in [5, 5.41) is 3.25. The lowest BCUT2D eigenvalue weighted by Gasteiger charge is -2.28. The van der Waals surface area contributed by atoms with Gasteiger partial charge in [-0.15, -0.1) is 0 Å². The molecule has 1 aromatic rings. The number of halogens is 1. The van der Waals surface area contributed by atoms with Crippen LogP contribution in [-0.2, 0) is 14.8 Å². The van der Waals surface area contributed by atoms with Crippen molar-refractivity contribution in [3.63, 3.8) is 0 Å². The van der Waals surface area contributed by atoms with Gasteiger partial charge >= 0.3 is 0 Å². The highest BCUT2D eigenvalue weighted by atomic mass is 35.5. The van der Waals surface area contributed by atoms with Gasteiger partial charge in [-0.2, -0.15) is 0 Å². The number of anilines is 1. The van der Waals surface area contributed by atoms with E-state index in [1.165, 1.54) is 0 Å². The maximum atomic E-state index is 12.1. The summed E-state index contributed by atoms with van der Waals surface area (Å²) in [6.45, 7) is 6.00. The Balaban J connectivity index is 3.03. The topological polar surface area (TPSA) is 66.5 Å². The van der Waals surface area contributed by atoms with Gasteiger partial charge in [0, 0.05) is 11.6 Å². The highest BCUT2D eigenvalue weighted by molar-refractivity contribution is 7.92. The van der Waals surface area contributed by atoms with Crippen molar-refractivity contribution in [2.24, 2.45) is 5.92 Å². The summed E-state index contributed by atoms with van der Waals surface area (Å²) in [6.07, 6.45) is 1.08. The van der Waals surface area contributed by atoms with Gasteiger partial charge in [0.2, 0.25) is 15.9 Å². The summed E-state index contributed by atoms with van der Waals surface area (Å²) in [7, 11) is -3.58. The first kappa shape index (κ1) is 17.8. The molecule has 1 rings (SSSR count). The van der Waals surface area contributed by atoms with Crippen LogP contribution >= 0.6 is 11.6 Å². The van der Waals surface area contributed by atoms with Crippen LogP contribution in [0.2, 0.25) is 5.02 Å². The van der Waals surface area contributed by atoms with E-state index in [1.807, 2.05) is 13.8 Å². The second-order valence-electron chi connectivity index (χ2n) is 5.35. The van der Waals surface area contributed by atoms with Crippen LogP contribution in [0.1, 0.15) is 20.8 Å². The van der Waals surface area contributed by atoms with E-state index in [-0.39, 0.29) is 5.91 Å². The highest BCUT2D eigenvalue weighted by Gasteiger charge is 2.28. The normalized spacial score (nSPS) is 13.0. The van der Waals surface area contributed by atoms with Crippen LogP contribution < -0.4 is 9.62 Å². The van der Waals surface area contributed by atoms with E-state index in [0.717, 1.165) is 10.6 Å². The minimum atomic E-state index is -3.58. The van der Waals surface area contributed by atoms with Crippen molar-refractivity contribution >= 4 is 33.2 Å². The molecule has 0 bridgehead atoms. The number of carbonyl (C=O) groups is 1. The third-order valence-corrected chi connectivity index (χ3v) is 4.35. The van der Waals surface area contributed by atoms with Crippen molar-refractivity contribution in [1.82, 2.24) is 5.32 Å². The molecule has 1 unspecified atom stereocenters. The molecule has 0 radical (unpaired) electrons. The zero-order valence-electron chi connectivity index (χ0n) is 12.6. The average Bonchev–Trinajstić information content (AvgIpc) is 2.36. The summed E-state index contributed by atoms with van der Waals surface area (Å²) in [4.78, 5) is 12.1. The Hall–Kier alpha value is -1.27. The van der Waals surface area contributed by atoms with Crippen molar-refractivity contribution in [2.75, 3.05) is 17.1 Å². The molecule has 0 saturated carbocycles. The number of benzene rings is 1. The molecule has 0 aliphatic carbocycles. The van der Waals surface area contributed by atoms with Crippen LogP contribution in [0.5, 0.6) is 0 Å². The fraction of sp³-hybridized carbons (Fsp3) is 0.500. The van der Waals surface area contributed by atoms with Crippen molar-refractivity contribution < 1.29 is 13.2 Å². The number of nitrogens with one attached hydrogen (secondary N) is 1. The van der Waals surface area contributed by atoms with E-state index in [9.17, 15) is 13.2 Å². The van der Waals surface area contributed by atoms with Crippen molar-refractivity contribution in [1.29, 1.82) is 0 Å². The highest BCUT2D eigenvalue weighted by Crippen LogP contribution is 2.22. The third-order valence-electron chi connectivity index (χ3n) is 2.85. The van der Waals surface area contributed by atoms with Gasteiger partial charge in [0.05, 0.1) is 11.9 Å². The fourth-order valence-corrected chi connectivity index (χ4v) is 3.15. The van der Waals surface area contributed by atoms with E-state index in [4.69, 9.17) is 11.6 Å². The van der Waals surface area contributed by atoms with Gasteiger partial charge in [-0.05, 0) is 37.1 Å². The molecular weight excluding hydrogens is 312 g/mol. The first-order valence-electron chi connectivity index (χ1n) is 6.65. The van der Waals surface area contributed by atoms with Gasteiger partial charge in [0.1, 0.15) is 6.04 Å². The smallest absolute Gasteiger partial charge is 0.243 e. The van der Waals surface area contributed by atoms with Crippen LogP contribution in [-0.4, -0.2) is 33.2 Å². The second-order valence-corrected chi connectivity index (χ2v) is 7.65. The Morgan fingerprint density at radius 3 is 2.19 bits per heavy atom. The summed E-state index contributed by atoms with van der Waals surface area (Å²) in [6, 6.07) is 5.51. The minimum absolute atomic E-state index is 0.295. The second kappa shape index (κ2) is 7.13. The van der Waals surface area contributed by atoms with Crippen LogP contribution in [0.15, 0.2) is 24.3 Å². The number of carbonyl (C=O) groups excluding carboxylic acids is 1. The SMILES string of the molecule is CC(C)CNC(=O)C(C)N(c1ccc(Cl)cc1)S(C)(=O)=O. The number of nitrogens with zero attached hydrogens (tertiary/aromatic N) is 1. The van der Waals surface area contributed by atoms with Crippen molar-refractivity contribution in [3.05, 3.63) is 29.3 Å². The number of amides is 1. The molecule has 0 aromatic heterocycles. The zero-order chi connectivity index (χ0) is 16.2. The molecule has 5 nitrogen and oxygen atoms in total. The Bertz CT molecular complexity index is 585. The van der Waals surface area contributed by atoms with Crippen molar-refractivity contribution in [3.8, 4) is 0 Å². The molecule has 0 spiro atoms. The number of rotatable bonds is 6. The Morgan fingerprint density at radius 1 is 1.24 bits per heavy atom. The van der Waals surface area contributed by atoms with Crippen LogP contribution in [0.3, 0.4) is 0 Å². The fourth-order valence-electron chi connectivity index (χ4n) is 1.85. The van der Waals surface area contributed by atoms with Crippen LogP contribution in [0, 0.1) is 5.92 Å². The quantitative estimate of drug-likeness (QED) is 0.869. The predicted octanol–water partition coefficient (Wildman–Crippen LogP) is 2.27. The summed E-state index contributed by atoms with van der Waals surface area (Å²) >= 11 is 5.81. The molecule has 21 heavy (non-hydrogen) atoms. The summed E-state index contributed by atoms with van der Waals surface area (Å²) in [5.74, 6) is -0.0348. The van der Waals surface area contributed by atoms with Gasteiger partial charge in [-0.1, -0.05) is 25.4 Å². The minimum Gasteiger partial charge on any atom is -0.354 e. The molecule has 0 fully saturated rings.